The molecule has 2 rings (SSSR count). The SMILES string of the molecule is CCNc1snnc1CN1CCCC1C. The number of anilines is 1. The molecule has 1 atom stereocenters. The van der Waals surface area contributed by atoms with Crippen molar-refractivity contribution in [2.45, 2.75) is 39.3 Å². The number of aromatic nitrogens is 2. The van der Waals surface area contributed by atoms with Crippen LogP contribution in [0, 0.1) is 0 Å². The van der Waals surface area contributed by atoms with Crippen LogP contribution in [0.2, 0.25) is 0 Å². The van der Waals surface area contributed by atoms with E-state index in [9.17, 15) is 0 Å². The van der Waals surface area contributed by atoms with Gasteiger partial charge in [-0.05, 0) is 33.2 Å². The molecule has 0 amide bonds. The highest BCUT2D eigenvalue weighted by atomic mass is 32.1. The average Bonchev–Trinajstić information content (AvgIpc) is 2.80. The highest BCUT2D eigenvalue weighted by molar-refractivity contribution is 7.10. The summed E-state index contributed by atoms with van der Waals surface area (Å²) in [6.45, 7) is 7.47. The fourth-order valence-electron chi connectivity index (χ4n) is 2.03. The predicted octanol–water partition coefficient (Wildman–Crippen LogP) is 1.95. The smallest absolute Gasteiger partial charge is 0.134 e. The van der Waals surface area contributed by atoms with Gasteiger partial charge in [-0.15, -0.1) is 5.10 Å². The molecule has 1 unspecified atom stereocenters. The Morgan fingerprint density at radius 1 is 1.60 bits per heavy atom. The lowest BCUT2D eigenvalue weighted by Gasteiger charge is -2.19. The monoisotopic (exact) mass is 226 g/mol. The molecule has 0 spiro atoms. The summed E-state index contributed by atoms with van der Waals surface area (Å²) in [7, 11) is 0. The Morgan fingerprint density at radius 2 is 2.47 bits per heavy atom. The van der Waals surface area contributed by atoms with Gasteiger partial charge in [0, 0.05) is 30.7 Å². The minimum Gasteiger partial charge on any atom is -0.374 e. The van der Waals surface area contributed by atoms with Crippen molar-refractivity contribution in [3.63, 3.8) is 0 Å². The van der Waals surface area contributed by atoms with Crippen LogP contribution in [0.4, 0.5) is 5.00 Å². The van der Waals surface area contributed by atoms with Crippen molar-refractivity contribution in [2.75, 3.05) is 18.4 Å². The first-order valence-electron chi connectivity index (χ1n) is 5.60. The Morgan fingerprint density at radius 3 is 3.13 bits per heavy atom. The van der Waals surface area contributed by atoms with E-state index in [2.05, 4.69) is 33.7 Å². The quantitative estimate of drug-likeness (QED) is 0.852. The molecule has 1 aromatic heterocycles. The van der Waals surface area contributed by atoms with Crippen molar-refractivity contribution in [2.24, 2.45) is 0 Å². The van der Waals surface area contributed by atoms with Crippen molar-refractivity contribution in [1.29, 1.82) is 0 Å². The standard InChI is InChI=1S/C10H18N4S/c1-3-11-10-9(12-13-15-10)7-14-6-4-5-8(14)2/h8,11H,3-7H2,1-2H3. The Bertz CT molecular complexity index is 312. The van der Waals surface area contributed by atoms with Crippen molar-refractivity contribution < 1.29 is 0 Å². The van der Waals surface area contributed by atoms with Gasteiger partial charge in [0.05, 0.1) is 0 Å². The highest BCUT2D eigenvalue weighted by Gasteiger charge is 2.22. The summed E-state index contributed by atoms with van der Waals surface area (Å²) in [6.07, 6.45) is 2.63. The topological polar surface area (TPSA) is 41.1 Å². The molecule has 1 saturated heterocycles. The van der Waals surface area contributed by atoms with Gasteiger partial charge in [0.25, 0.3) is 0 Å². The van der Waals surface area contributed by atoms with Crippen LogP contribution < -0.4 is 5.32 Å². The molecule has 1 N–H and O–H groups in total. The Kier molecular flexibility index (Phi) is 3.53. The lowest BCUT2D eigenvalue weighted by molar-refractivity contribution is 0.257. The number of nitrogens with one attached hydrogen (secondary N) is 1. The molecule has 0 saturated carbocycles. The van der Waals surface area contributed by atoms with Crippen LogP contribution in [0.1, 0.15) is 32.4 Å². The van der Waals surface area contributed by atoms with Crippen LogP contribution in [0.5, 0.6) is 0 Å². The Hall–Kier alpha value is -0.680. The third kappa shape index (κ3) is 2.46. The van der Waals surface area contributed by atoms with Crippen LogP contribution in [0.15, 0.2) is 0 Å². The fourth-order valence-corrected chi connectivity index (χ4v) is 2.67. The zero-order valence-corrected chi connectivity index (χ0v) is 10.2. The molecule has 84 valence electrons. The molecule has 15 heavy (non-hydrogen) atoms. The Balaban J connectivity index is 2.00. The van der Waals surface area contributed by atoms with E-state index in [0.717, 1.165) is 23.8 Å². The molecule has 1 aliphatic heterocycles. The van der Waals surface area contributed by atoms with E-state index in [1.54, 1.807) is 0 Å². The zero-order valence-electron chi connectivity index (χ0n) is 9.36. The average molecular weight is 226 g/mol. The summed E-state index contributed by atoms with van der Waals surface area (Å²) in [5.41, 5.74) is 1.11. The second kappa shape index (κ2) is 4.90. The third-order valence-corrected chi connectivity index (χ3v) is 3.66. The number of rotatable bonds is 4. The largest absolute Gasteiger partial charge is 0.374 e. The summed E-state index contributed by atoms with van der Waals surface area (Å²) in [5.74, 6) is 0. The first-order chi connectivity index (χ1) is 7.31. The van der Waals surface area contributed by atoms with Crippen LogP contribution in [0.25, 0.3) is 0 Å². The van der Waals surface area contributed by atoms with Crippen LogP contribution >= 0.6 is 11.5 Å². The highest BCUT2D eigenvalue weighted by Crippen LogP contribution is 2.23. The normalized spacial score (nSPS) is 22.1. The van der Waals surface area contributed by atoms with Gasteiger partial charge in [0.15, 0.2) is 0 Å². The van der Waals surface area contributed by atoms with Gasteiger partial charge in [-0.2, -0.15) is 0 Å². The van der Waals surface area contributed by atoms with E-state index < -0.39 is 0 Å². The van der Waals surface area contributed by atoms with E-state index in [1.165, 1.54) is 30.9 Å². The summed E-state index contributed by atoms with van der Waals surface area (Å²) in [6, 6.07) is 0.696. The number of hydrogen-bond donors (Lipinski definition) is 1. The summed E-state index contributed by atoms with van der Waals surface area (Å²) >= 11 is 1.46. The van der Waals surface area contributed by atoms with E-state index in [1.807, 2.05) is 0 Å². The molecular formula is C10H18N4S. The van der Waals surface area contributed by atoms with Crippen molar-refractivity contribution in [3.8, 4) is 0 Å². The molecule has 0 aliphatic carbocycles. The second-order valence-electron chi connectivity index (χ2n) is 4.04. The maximum atomic E-state index is 4.20. The van der Waals surface area contributed by atoms with E-state index >= 15 is 0 Å². The summed E-state index contributed by atoms with van der Waals surface area (Å²) in [5, 5.41) is 8.64. The lowest BCUT2D eigenvalue weighted by Crippen LogP contribution is -2.26. The molecular weight excluding hydrogens is 208 g/mol. The van der Waals surface area contributed by atoms with Crippen molar-refractivity contribution >= 4 is 16.5 Å². The summed E-state index contributed by atoms with van der Waals surface area (Å²) < 4.78 is 4.01. The first kappa shape index (κ1) is 10.8. The number of nitrogens with zero attached hydrogens (tertiary/aromatic N) is 3. The van der Waals surface area contributed by atoms with Gasteiger partial charge < -0.3 is 5.32 Å². The first-order valence-corrected chi connectivity index (χ1v) is 6.37. The lowest BCUT2D eigenvalue weighted by atomic mass is 10.2. The number of likely N-dealkylation sites (tertiary alicyclic amines) is 1. The van der Waals surface area contributed by atoms with Gasteiger partial charge >= 0.3 is 0 Å². The fraction of sp³-hybridized carbons (Fsp3) is 0.800. The minimum absolute atomic E-state index is 0.696. The minimum atomic E-state index is 0.696. The maximum Gasteiger partial charge on any atom is 0.134 e. The number of hydrogen-bond acceptors (Lipinski definition) is 5. The molecule has 1 aliphatic rings. The van der Waals surface area contributed by atoms with Crippen LogP contribution in [-0.4, -0.2) is 33.6 Å². The van der Waals surface area contributed by atoms with Gasteiger partial charge in [0.2, 0.25) is 0 Å². The molecule has 0 aromatic carbocycles. The summed E-state index contributed by atoms with van der Waals surface area (Å²) in [4.78, 5) is 2.48. The molecule has 2 heterocycles. The van der Waals surface area contributed by atoms with Crippen LogP contribution in [-0.2, 0) is 6.54 Å². The molecule has 4 nitrogen and oxygen atoms in total. The molecule has 1 aromatic rings. The molecule has 5 heteroatoms. The van der Waals surface area contributed by atoms with Gasteiger partial charge in [-0.3, -0.25) is 4.90 Å². The zero-order chi connectivity index (χ0) is 10.7. The Labute approximate surface area is 94.8 Å². The van der Waals surface area contributed by atoms with Gasteiger partial charge in [-0.1, -0.05) is 4.49 Å². The van der Waals surface area contributed by atoms with Crippen LogP contribution in [0.3, 0.4) is 0 Å². The second-order valence-corrected chi connectivity index (χ2v) is 4.79. The van der Waals surface area contributed by atoms with E-state index in [4.69, 9.17) is 0 Å². The van der Waals surface area contributed by atoms with E-state index in [-0.39, 0.29) is 0 Å². The maximum absolute atomic E-state index is 4.20. The van der Waals surface area contributed by atoms with Gasteiger partial charge in [-0.25, -0.2) is 0 Å². The molecule has 0 bridgehead atoms. The van der Waals surface area contributed by atoms with Gasteiger partial charge in [0.1, 0.15) is 10.7 Å². The third-order valence-electron chi connectivity index (χ3n) is 2.94. The molecule has 1 fully saturated rings. The molecule has 0 radical (unpaired) electrons. The predicted molar refractivity (Wildman–Crippen MR) is 63.2 cm³/mol. The van der Waals surface area contributed by atoms with Crippen molar-refractivity contribution in [3.05, 3.63) is 5.69 Å². The van der Waals surface area contributed by atoms with Crippen molar-refractivity contribution in [1.82, 2.24) is 14.5 Å². The van der Waals surface area contributed by atoms with E-state index in [0.29, 0.717) is 6.04 Å².